The minimum Gasteiger partial charge on any atom is -0.481 e. The van der Waals surface area contributed by atoms with Gasteiger partial charge in [-0.15, -0.1) is 0 Å². The highest BCUT2D eigenvalue weighted by Crippen LogP contribution is 2.28. The zero-order valence-electron chi connectivity index (χ0n) is 9.16. The molecular formula is C12H17NO2. The summed E-state index contributed by atoms with van der Waals surface area (Å²) < 4.78 is 0. The van der Waals surface area contributed by atoms with Crippen LogP contribution in [0.2, 0.25) is 0 Å². The van der Waals surface area contributed by atoms with Gasteiger partial charge in [0.15, 0.2) is 0 Å². The maximum atomic E-state index is 10.7. The standard InChI is InChI=1S/C12H17NO2/c1-3-9(7-12(14)15)10-5-4-6-11(13)8(10)2/h4-6,9H,3,7,13H2,1-2H3,(H,14,15)/t9-/m1/s1. The van der Waals surface area contributed by atoms with Gasteiger partial charge < -0.3 is 10.8 Å². The molecule has 0 aliphatic heterocycles. The van der Waals surface area contributed by atoms with E-state index in [0.717, 1.165) is 23.2 Å². The molecule has 1 aromatic rings. The lowest BCUT2D eigenvalue weighted by Crippen LogP contribution is -2.08. The van der Waals surface area contributed by atoms with Crippen LogP contribution >= 0.6 is 0 Å². The van der Waals surface area contributed by atoms with E-state index in [1.165, 1.54) is 0 Å². The van der Waals surface area contributed by atoms with Crippen LogP contribution in [-0.2, 0) is 4.79 Å². The summed E-state index contributed by atoms with van der Waals surface area (Å²) in [6.07, 6.45) is 0.984. The topological polar surface area (TPSA) is 63.3 Å². The molecule has 0 aliphatic carbocycles. The van der Waals surface area contributed by atoms with Gasteiger partial charge in [0.2, 0.25) is 0 Å². The number of benzene rings is 1. The van der Waals surface area contributed by atoms with Crippen LogP contribution in [-0.4, -0.2) is 11.1 Å². The van der Waals surface area contributed by atoms with E-state index in [1.807, 2.05) is 32.0 Å². The van der Waals surface area contributed by atoms with E-state index in [-0.39, 0.29) is 12.3 Å². The summed E-state index contributed by atoms with van der Waals surface area (Å²) in [4.78, 5) is 10.7. The van der Waals surface area contributed by atoms with Crippen molar-refractivity contribution < 1.29 is 9.90 Å². The Balaban J connectivity index is 3.01. The fourth-order valence-electron chi connectivity index (χ4n) is 1.80. The van der Waals surface area contributed by atoms with E-state index in [0.29, 0.717) is 0 Å². The van der Waals surface area contributed by atoms with Gasteiger partial charge >= 0.3 is 5.97 Å². The molecule has 0 unspecified atom stereocenters. The van der Waals surface area contributed by atoms with Crippen molar-refractivity contribution in [1.29, 1.82) is 0 Å². The summed E-state index contributed by atoms with van der Waals surface area (Å²) in [5.74, 6) is -0.699. The number of hydrogen-bond acceptors (Lipinski definition) is 2. The number of nitrogens with two attached hydrogens (primary N) is 1. The number of carboxylic acid groups (broad SMARTS) is 1. The minimum absolute atomic E-state index is 0.0611. The van der Waals surface area contributed by atoms with Crippen LogP contribution in [0.1, 0.15) is 36.8 Å². The summed E-state index contributed by atoms with van der Waals surface area (Å²) in [7, 11) is 0. The van der Waals surface area contributed by atoms with Gasteiger partial charge in [-0.1, -0.05) is 19.1 Å². The Labute approximate surface area is 89.9 Å². The highest BCUT2D eigenvalue weighted by molar-refractivity contribution is 5.68. The Morgan fingerprint density at radius 2 is 2.20 bits per heavy atom. The van der Waals surface area contributed by atoms with E-state index in [9.17, 15) is 4.79 Å². The van der Waals surface area contributed by atoms with Crippen LogP contribution in [0.5, 0.6) is 0 Å². The molecule has 1 rings (SSSR count). The second-order valence-corrected chi connectivity index (χ2v) is 3.76. The largest absolute Gasteiger partial charge is 0.481 e. The molecule has 0 heterocycles. The van der Waals surface area contributed by atoms with Crippen LogP contribution < -0.4 is 5.73 Å². The van der Waals surface area contributed by atoms with Crippen LogP contribution in [0.4, 0.5) is 5.69 Å². The van der Waals surface area contributed by atoms with Crippen molar-refractivity contribution >= 4 is 11.7 Å². The molecule has 0 aromatic heterocycles. The summed E-state index contributed by atoms with van der Waals surface area (Å²) in [6.45, 7) is 3.94. The van der Waals surface area contributed by atoms with E-state index >= 15 is 0 Å². The molecule has 0 spiro atoms. The molecule has 0 saturated heterocycles. The Bertz CT molecular complexity index is 361. The van der Waals surface area contributed by atoms with Gasteiger partial charge in [0.05, 0.1) is 6.42 Å². The van der Waals surface area contributed by atoms with Crippen LogP contribution in [0.3, 0.4) is 0 Å². The average molecular weight is 207 g/mol. The first-order valence-corrected chi connectivity index (χ1v) is 5.13. The molecule has 1 aromatic carbocycles. The summed E-state index contributed by atoms with van der Waals surface area (Å²) >= 11 is 0. The van der Waals surface area contributed by atoms with Crippen molar-refractivity contribution in [3.8, 4) is 0 Å². The molecule has 0 saturated carbocycles. The third kappa shape index (κ3) is 2.72. The molecule has 0 fully saturated rings. The van der Waals surface area contributed by atoms with Crippen molar-refractivity contribution in [3.05, 3.63) is 29.3 Å². The molecule has 3 N–H and O–H groups in total. The van der Waals surface area contributed by atoms with Gasteiger partial charge in [-0.3, -0.25) is 4.79 Å². The quantitative estimate of drug-likeness (QED) is 0.746. The first-order valence-electron chi connectivity index (χ1n) is 5.13. The predicted octanol–water partition coefficient (Wildman–Crippen LogP) is 2.55. The SMILES string of the molecule is CC[C@H](CC(=O)O)c1cccc(N)c1C. The highest BCUT2D eigenvalue weighted by atomic mass is 16.4. The lowest BCUT2D eigenvalue weighted by atomic mass is 9.89. The molecule has 1 atom stereocenters. The summed E-state index contributed by atoms with van der Waals surface area (Å²) in [5.41, 5.74) is 8.59. The Morgan fingerprint density at radius 3 is 2.73 bits per heavy atom. The van der Waals surface area contributed by atoms with Crippen molar-refractivity contribution in [2.45, 2.75) is 32.6 Å². The molecule has 0 radical (unpaired) electrons. The lowest BCUT2D eigenvalue weighted by molar-refractivity contribution is -0.137. The van der Waals surface area contributed by atoms with E-state index in [4.69, 9.17) is 10.8 Å². The van der Waals surface area contributed by atoms with E-state index < -0.39 is 5.97 Å². The van der Waals surface area contributed by atoms with Crippen LogP contribution in [0, 0.1) is 6.92 Å². The van der Waals surface area contributed by atoms with Crippen molar-refractivity contribution in [3.63, 3.8) is 0 Å². The maximum Gasteiger partial charge on any atom is 0.303 e. The van der Waals surface area contributed by atoms with Crippen molar-refractivity contribution in [2.75, 3.05) is 5.73 Å². The van der Waals surface area contributed by atoms with Gasteiger partial charge in [-0.2, -0.15) is 0 Å². The van der Waals surface area contributed by atoms with Crippen molar-refractivity contribution in [1.82, 2.24) is 0 Å². The smallest absolute Gasteiger partial charge is 0.303 e. The monoisotopic (exact) mass is 207 g/mol. The Kier molecular flexibility index (Phi) is 3.72. The number of carboxylic acids is 1. The molecule has 0 bridgehead atoms. The van der Waals surface area contributed by atoms with Crippen LogP contribution in [0.15, 0.2) is 18.2 Å². The third-order valence-corrected chi connectivity index (χ3v) is 2.77. The molecule has 3 heteroatoms. The van der Waals surface area contributed by atoms with Gasteiger partial charge in [0.25, 0.3) is 0 Å². The summed E-state index contributed by atoms with van der Waals surface area (Å²) in [5, 5.41) is 8.81. The third-order valence-electron chi connectivity index (χ3n) is 2.77. The maximum absolute atomic E-state index is 10.7. The average Bonchev–Trinajstić information content (AvgIpc) is 2.19. The second kappa shape index (κ2) is 4.82. The Morgan fingerprint density at radius 1 is 1.53 bits per heavy atom. The Hall–Kier alpha value is -1.51. The lowest BCUT2D eigenvalue weighted by Gasteiger charge is -2.16. The summed E-state index contributed by atoms with van der Waals surface area (Å²) in [6, 6.07) is 5.68. The zero-order valence-corrected chi connectivity index (χ0v) is 9.16. The fraction of sp³-hybridized carbons (Fsp3) is 0.417. The molecule has 82 valence electrons. The number of hydrogen-bond donors (Lipinski definition) is 2. The predicted molar refractivity (Wildman–Crippen MR) is 60.9 cm³/mol. The molecule has 15 heavy (non-hydrogen) atoms. The van der Waals surface area contributed by atoms with Crippen LogP contribution in [0.25, 0.3) is 0 Å². The highest BCUT2D eigenvalue weighted by Gasteiger charge is 2.16. The van der Waals surface area contributed by atoms with Gasteiger partial charge in [0.1, 0.15) is 0 Å². The van der Waals surface area contributed by atoms with E-state index in [1.54, 1.807) is 0 Å². The number of aliphatic carboxylic acids is 1. The van der Waals surface area contributed by atoms with Gasteiger partial charge in [-0.05, 0) is 36.5 Å². The second-order valence-electron chi connectivity index (χ2n) is 3.76. The normalized spacial score (nSPS) is 12.4. The fourth-order valence-corrected chi connectivity index (χ4v) is 1.80. The van der Waals surface area contributed by atoms with Gasteiger partial charge in [-0.25, -0.2) is 0 Å². The molecule has 3 nitrogen and oxygen atoms in total. The number of nitrogen functional groups attached to an aromatic ring is 1. The number of anilines is 1. The van der Waals surface area contributed by atoms with Gasteiger partial charge in [0, 0.05) is 5.69 Å². The number of carbonyl (C=O) groups is 1. The first-order chi connectivity index (χ1) is 7.06. The van der Waals surface area contributed by atoms with Crippen molar-refractivity contribution in [2.24, 2.45) is 0 Å². The first kappa shape index (κ1) is 11.6. The zero-order chi connectivity index (χ0) is 11.4. The molecule has 0 amide bonds. The molecular weight excluding hydrogens is 190 g/mol. The minimum atomic E-state index is -0.760. The molecule has 0 aliphatic rings. The number of rotatable bonds is 4. The van der Waals surface area contributed by atoms with E-state index in [2.05, 4.69) is 0 Å².